The van der Waals surface area contributed by atoms with E-state index < -0.39 is 0 Å². The predicted molar refractivity (Wildman–Crippen MR) is 83.6 cm³/mol. The normalized spacial score (nSPS) is 12.9. The maximum Gasteiger partial charge on any atom is 0.261 e. The van der Waals surface area contributed by atoms with E-state index in [9.17, 15) is 4.79 Å². The number of benzene rings is 1. The molecule has 0 radical (unpaired) electrons. The molecule has 3 nitrogen and oxygen atoms in total. The number of hydrogen-bond donors (Lipinski definition) is 1. The number of nitrogens with one attached hydrogen (secondary N) is 1. The van der Waals surface area contributed by atoms with E-state index in [0.29, 0.717) is 6.54 Å². The monoisotopic (exact) mass is 351 g/mol. The number of thiophene rings is 1. The Kier molecular flexibility index (Phi) is 3.81. The van der Waals surface area contributed by atoms with Crippen LogP contribution < -0.4 is 10.1 Å². The third-order valence-electron chi connectivity index (χ3n) is 3.23. The molecule has 0 fully saturated rings. The largest absolute Gasteiger partial charge is 0.493 e. The van der Waals surface area contributed by atoms with Crippen LogP contribution in [-0.4, -0.2) is 12.5 Å². The quantitative estimate of drug-likeness (QED) is 0.915. The van der Waals surface area contributed by atoms with Gasteiger partial charge in [-0.1, -0.05) is 15.9 Å². The van der Waals surface area contributed by atoms with Crippen LogP contribution in [0, 0.1) is 6.92 Å². The number of ether oxygens (including phenoxy) is 1. The number of rotatable bonds is 3. The van der Waals surface area contributed by atoms with Gasteiger partial charge in [-0.2, -0.15) is 0 Å². The number of halogens is 1. The highest BCUT2D eigenvalue weighted by atomic mass is 79.9. The number of carbonyl (C=O) groups excluding carboxylic acids is 1. The first-order valence-corrected chi connectivity index (χ1v) is 8.03. The molecule has 0 saturated carbocycles. The number of amides is 1. The van der Waals surface area contributed by atoms with Crippen LogP contribution in [0.1, 0.15) is 25.7 Å². The molecule has 5 heteroatoms. The molecule has 104 valence electrons. The molecule has 1 N–H and O–H groups in total. The van der Waals surface area contributed by atoms with Gasteiger partial charge in [-0.15, -0.1) is 11.3 Å². The van der Waals surface area contributed by atoms with Gasteiger partial charge >= 0.3 is 0 Å². The molecular weight excluding hydrogens is 338 g/mol. The summed E-state index contributed by atoms with van der Waals surface area (Å²) in [5.74, 6) is 0.894. The van der Waals surface area contributed by atoms with Gasteiger partial charge in [0.15, 0.2) is 0 Å². The molecule has 0 spiro atoms. The van der Waals surface area contributed by atoms with Crippen molar-refractivity contribution < 1.29 is 9.53 Å². The Morgan fingerprint density at radius 1 is 1.45 bits per heavy atom. The molecule has 20 heavy (non-hydrogen) atoms. The van der Waals surface area contributed by atoms with E-state index in [1.165, 1.54) is 16.9 Å². The fraction of sp³-hybridized carbons (Fsp3) is 0.267. The molecule has 0 saturated heterocycles. The van der Waals surface area contributed by atoms with Gasteiger partial charge in [0.2, 0.25) is 0 Å². The van der Waals surface area contributed by atoms with Crippen LogP contribution >= 0.6 is 27.3 Å². The van der Waals surface area contributed by atoms with Gasteiger partial charge in [-0.05, 0) is 36.8 Å². The van der Waals surface area contributed by atoms with Crippen LogP contribution in [0.25, 0.3) is 0 Å². The topological polar surface area (TPSA) is 38.3 Å². The summed E-state index contributed by atoms with van der Waals surface area (Å²) in [5, 5.41) is 2.96. The Labute approximate surface area is 130 Å². The maximum atomic E-state index is 12.1. The Bertz CT molecular complexity index is 666. The first kappa shape index (κ1) is 13.6. The first-order valence-electron chi connectivity index (χ1n) is 6.42. The molecule has 0 atom stereocenters. The average molecular weight is 352 g/mol. The van der Waals surface area contributed by atoms with Gasteiger partial charge in [0, 0.05) is 27.9 Å². The van der Waals surface area contributed by atoms with Crippen molar-refractivity contribution in [1.82, 2.24) is 5.32 Å². The van der Waals surface area contributed by atoms with Crippen LogP contribution in [0.15, 0.2) is 28.7 Å². The Hall–Kier alpha value is -1.33. The number of carbonyl (C=O) groups is 1. The third kappa shape index (κ3) is 2.74. The average Bonchev–Trinajstić information content (AvgIpc) is 3.03. The lowest BCUT2D eigenvalue weighted by molar-refractivity contribution is 0.0954. The van der Waals surface area contributed by atoms with Crippen molar-refractivity contribution in [2.45, 2.75) is 19.9 Å². The molecule has 1 amide bonds. The van der Waals surface area contributed by atoms with E-state index in [4.69, 9.17) is 4.74 Å². The maximum absolute atomic E-state index is 12.1. The van der Waals surface area contributed by atoms with Crippen molar-refractivity contribution >= 4 is 33.2 Å². The molecule has 2 heterocycles. The summed E-state index contributed by atoms with van der Waals surface area (Å²) in [4.78, 5) is 13.9. The molecule has 1 aromatic carbocycles. The lowest BCUT2D eigenvalue weighted by atomic mass is 10.1. The van der Waals surface area contributed by atoms with Crippen molar-refractivity contribution in [3.05, 3.63) is 49.6 Å². The third-order valence-corrected chi connectivity index (χ3v) is 4.69. The summed E-state index contributed by atoms with van der Waals surface area (Å²) < 4.78 is 6.68. The molecule has 0 unspecified atom stereocenters. The zero-order valence-electron chi connectivity index (χ0n) is 11.0. The van der Waals surface area contributed by atoms with Gasteiger partial charge in [0.25, 0.3) is 5.91 Å². The first-order chi connectivity index (χ1) is 9.63. The van der Waals surface area contributed by atoms with Gasteiger partial charge in [0.1, 0.15) is 5.75 Å². The molecule has 2 aromatic rings. The van der Waals surface area contributed by atoms with Gasteiger partial charge < -0.3 is 10.1 Å². The Morgan fingerprint density at radius 3 is 3.05 bits per heavy atom. The van der Waals surface area contributed by atoms with Crippen molar-refractivity contribution in [1.29, 1.82) is 0 Å². The minimum atomic E-state index is -0.0326. The van der Waals surface area contributed by atoms with Crippen molar-refractivity contribution in [3.63, 3.8) is 0 Å². The lowest BCUT2D eigenvalue weighted by Gasteiger charge is -2.10. The summed E-state index contributed by atoms with van der Waals surface area (Å²) in [5.41, 5.74) is 2.23. The van der Waals surface area contributed by atoms with Crippen molar-refractivity contribution in [2.75, 3.05) is 6.61 Å². The molecule has 1 aliphatic heterocycles. The number of fused-ring (bicyclic) bond motifs is 1. The fourth-order valence-corrected chi connectivity index (χ4v) is 3.63. The van der Waals surface area contributed by atoms with E-state index in [1.54, 1.807) is 0 Å². The second kappa shape index (κ2) is 5.58. The minimum Gasteiger partial charge on any atom is -0.493 e. The molecular formula is C15H14BrNO2S. The van der Waals surface area contributed by atoms with Gasteiger partial charge in [-0.25, -0.2) is 0 Å². The summed E-state index contributed by atoms with van der Waals surface area (Å²) in [7, 11) is 0. The number of aryl methyl sites for hydroxylation is 1. The Balaban J connectivity index is 1.74. The second-order valence-corrected chi connectivity index (χ2v) is 6.95. The molecule has 1 aliphatic rings. The van der Waals surface area contributed by atoms with E-state index in [-0.39, 0.29) is 5.91 Å². The molecule has 0 bridgehead atoms. The van der Waals surface area contributed by atoms with E-state index >= 15 is 0 Å². The van der Waals surface area contributed by atoms with E-state index in [2.05, 4.69) is 27.3 Å². The SMILES string of the molecule is Cc1ccc(C(=O)NCc2cc(Br)cc3c2OCC3)s1. The molecule has 1 aromatic heterocycles. The summed E-state index contributed by atoms with van der Waals surface area (Å²) in [6.07, 6.45) is 0.930. The van der Waals surface area contributed by atoms with Crippen molar-refractivity contribution in [3.8, 4) is 5.75 Å². The summed E-state index contributed by atoms with van der Waals surface area (Å²) in [6.45, 7) is 3.20. The standard InChI is InChI=1S/C15H14BrNO2S/c1-9-2-3-13(20-9)15(18)17-8-11-7-12(16)6-10-4-5-19-14(10)11/h2-3,6-7H,4-5,8H2,1H3,(H,17,18). The molecule has 3 rings (SSSR count). The van der Waals surface area contributed by atoms with Crippen LogP contribution in [-0.2, 0) is 13.0 Å². The predicted octanol–water partition coefficient (Wildman–Crippen LogP) is 3.68. The van der Waals surface area contributed by atoms with Gasteiger partial charge in [0.05, 0.1) is 11.5 Å². The summed E-state index contributed by atoms with van der Waals surface area (Å²) >= 11 is 5.01. The van der Waals surface area contributed by atoms with Crippen LogP contribution in [0.2, 0.25) is 0 Å². The summed E-state index contributed by atoms with van der Waals surface area (Å²) in [6, 6.07) is 7.90. The van der Waals surface area contributed by atoms with Crippen molar-refractivity contribution in [2.24, 2.45) is 0 Å². The minimum absolute atomic E-state index is 0.0326. The van der Waals surface area contributed by atoms with E-state index in [1.807, 2.05) is 25.1 Å². The smallest absolute Gasteiger partial charge is 0.261 e. The van der Waals surface area contributed by atoms with Crippen LogP contribution in [0.3, 0.4) is 0 Å². The lowest BCUT2D eigenvalue weighted by Crippen LogP contribution is -2.22. The van der Waals surface area contributed by atoms with Crippen LogP contribution in [0.4, 0.5) is 0 Å². The Morgan fingerprint density at radius 2 is 2.30 bits per heavy atom. The highest BCUT2D eigenvalue weighted by molar-refractivity contribution is 9.10. The highest BCUT2D eigenvalue weighted by Gasteiger charge is 2.18. The number of hydrogen-bond acceptors (Lipinski definition) is 3. The van der Waals surface area contributed by atoms with Crippen LogP contribution in [0.5, 0.6) is 5.75 Å². The zero-order chi connectivity index (χ0) is 14.1. The second-order valence-electron chi connectivity index (χ2n) is 4.74. The van der Waals surface area contributed by atoms with E-state index in [0.717, 1.165) is 38.6 Å². The molecule has 0 aliphatic carbocycles. The fourth-order valence-electron chi connectivity index (χ4n) is 2.30. The zero-order valence-corrected chi connectivity index (χ0v) is 13.4. The van der Waals surface area contributed by atoms with Gasteiger partial charge in [-0.3, -0.25) is 4.79 Å². The highest BCUT2D eigenvalue weighted by Crippen LogP contribution is 2.32.